The minimum atomic E-state index is -0.191. The summed E-state index contributed by atoms with van der Waals surface area (Å²) in [6.45, 7) is 4.40. The molecule has 7 nitrogen and oxygen atoms in total. The fraction of sp³-hybridized carbons (Fsp3) is 0.667. The smallest absolute Gasteiger partial charge is 0.266 e. The number of morpholine rings is 1. The van der Waals surface area contributed by atoms with Crippen molar-refractivity contribution >= 4 is 11.6 Å². The Balaban J connectivity index is 1.58. The molecule has 3 heterocycles. The first kappa shape index (κ1) is 15.0. The number of hydrogen-bond acceptors (Lipinski definition) is 5. The van der Waals surface area contributed by atoms with Gasteiger partial charge in [-0.3, -0.25) is 9.59 Å². The number of carbonyl (C=O) groups is 1. The summed E-state index contributed by atoms with van der Waals surface area (Å²) in [7, 11) is 0. The van der Waals surface area contributed by atoms with E-state index in [1.807, 2.05) is 4.90 Å². The van der Waals surface area contributed by atoms with Gasteiger partial charge in [0.1, 0.15) is 0 Å². The summed E-state index contributed by atoms with van der Waals surface area (Å²) in [5.74, 6) is 0.558. The van der Waals surface area contributed by atoms with Gasteiger partial charge >= 0.3 is 0 Å². The monoisotopic (exact) mass is 306 g/mol. The molecule has 3 rings (SSSR count). The number of rotatable bonds is 3. The Labute approximate surface area is 129 Å². The Morgan fingerprint density at radius 3 is 2.95 bits per heavy atom. The van der Waals surface area contributed by atoms with Crippen molar-refractivity contribution in [2.75, 3.05) is 44.3 Å². The lowest BCUT2D eigenvalue weighted by molar-refractivity contribution is -0.136. The molecular formula is C15H22N4O3. The standard InChI is InChI=1S/C15H22N4O3/c20-14-9-13(10-16-17-14)19-3-1-2-12(11-19)8-15(21)18-4-6-22-7-5-18/h9-10,12H,1-8,11H2,(H,17,20). The van der Waals surface area contributed by atoms with Gasteiger partial charge in [-0.15, -0.1) is 0 Å². The number of anilines is 1. The highest BCUT2D eigenvalue weighted by molar-refractivity contribution is 5.76. The van der Waals surface area contributed by atoms with Gasteiger partial charge in [0.2, 0.25) is 5.91 Å². The molecule has 22 heavy (non-hydrogen) atoms. The number of aromatic amines is 1. The summed E-state index contributed by atoms with van der Waals surface area (Å²) in [4.78, 5) is 27.8. The zero-order valence-electron chi connectivity index (χ0n) is 12.7. The Kier molecular flexibility index (Phi) is 4.72. The van der Waals surface area contributed by atoms with Crippen LogP contribution in [0, 0.1) is 5.92 Å². The Morgan fingerprint density at radius 1 is 1.36 bits per heavy atom. The summed E-state index contributed by atoms with van der Waals surface area (Å²) in [6.07, 6.45) is 4.34. The topological polar surface area (TPSA) is 78.5 Å². The van der Waals surface area contributed by atoms with Crippen molar-refractivity contribution in [3.8, 4) is 0 Å². The molecule has 2 aliphatic heterocycles. The van der Waals surface area contributed by atoms with E-state index in [2.05, 4.69) is 15.1 Å². The van der Waals surface area contributed by atoms with Crippen molar-refractivity contribution in [2.24, 2.45) is 5.92 Å². The molecular weight excluding hydrogens is 284 g/mol. The number of piperidine rings is 1. The number of amides is 1. The lowest BCUT2D eigenvalue weighted by Crippen LogP contribution is -2.43. The number of nitrogens with one attached hydrogen (secondary N) is 1. The molecule has 1 aromatic heterocycles. The average Bonchev–Trinajstić information content (AvgIpc) is 2.56. The normalized spacial score (nSPS) is 22.6. The highest BCUT2D eigenvalue weighted by Crippen LogP contribution is 2.24. The van der Waals surface area contributed by atoms with E-state index in [-0.39, 0.29) is 11.5 Å². The van der Waals surface area contributed by atoms with Crippen molar-refractivity contribution in [1.82, 2.24) is 15.1 Å². The zero-order chi connectivity index (χ0) is 15.4. The van der Waals surface area contributed by atoms with Gasteiger partial charge < -0.3 is 14.5 Å². The van der Waals surface area contributed by atoms with Crippen LogP contribution in [0.3, 0.4) is 0 Å². The zero-order valence-corrected chi connectivity index (χ0v) is 12.7. The average molecular weight is 306 g/mol. The van der Waals surface area contributed by atoms with Gasteiger partial charge in [-0.1, -0.05) is 0 Å². The summed E-state index contributed by atoms with van der Waals surface area (Å²) >= 11 is 0. The maximum absolute atomic E-state index is 12.3. The predicted octanol–water partition coefficient (Wildman–Crippen LogP) is 0.235. The molecule has 2 aliphatic rings. The van der Waals surface area contributed by atoms with Gasteiger partial charge in [0, 0.05) is 38.7 Å². The molecule has 0 radical (unpaired) electrons. The van der Waals surface area contributed by atoms with Crippen molar-refractivity contribution in [2.45, 2.75) is 19.3 Å². The minimum Gasteiger partial charge on any atom is -0.378 e. The first-order chi connectivity index (χ1) is 10.7. The van der Waals surface area contributed by atoms with Crippen molar-refractivity contribution in [3.63, 3.8) is 0 Å². The van der Waals surface area contributed by atoms with Crippen LogP contribution >= 0.6 is 0 Å². The van der Waals surface area contributed by atoms with E-state index in [4.69, 9.17) is 4.74 Å². The first-order valence-corrected chi connectivity index (χ1v) is 7.87. The maximum atomic E-state index is 12.3. The molecule has 2 saturated heterocycles. The van der Waals surface area contributed by atoms with Crippen LogP contribution in [0.25, 0.3) is 0 Å². The van der Waals surface area contributed by atoms with Gasteiger partial charge in [0.25, 0.3) is 5.56 Å². The van der Waals surface area contributed by atoms with Crippen LogP contribution in [-0.4, -0.2) is 60.4 Å². The van der Waals surface area contributed by atoms with E-state index in [0.717, 1.165) is 31.6 Å². The van der Waals surface area contributed by atoms with Gasteiger partial charge in [-0.2, -0.15) is 5.10 Å². The van der Waals surface area contributed by atoms with Crippen LogP contribution < -0.4 is 10.5 Å². The lowest BCUT2D eigenvalue weighted by atomic mass is 9.94. The molecule has 1 unspecified atom stereocenters. The van der Waals surface area contributed by atoms with Crippen LogP contribution in [0.1, 0.15) is 19.3 Å². The second kappa shape index (κ2) is 6.91. The number of ether oxygens (including phenoxy) is 1. The SMILES string of the molecule is O=C(CC1CCCN(c2cn[nH]c(=O)c2)C1)N1CCOCC1. The molecule has 0 saturated carbocycles. The minimum absolute atomic E-state index is 0.191. The van der Waals surface area contributed by atoms with E-state index < -0.39 is 0 Å². The number of aromatic nitrogens is 2. The van der Waals surface area contributed by atoms with Crippen molar-refractivity contribution in [3.05, 3.63) is 22.6 Å². The van der Waals surface area contributed by atoms with E-state index in [0.29, 0.717) is 38.6 Å². The fourth-order valence-electron chi connectivity index (χ4n) is 3.19. The lowest BCUT2D eigenvalue weighted by Gasteiger charge is -2.35. The van der Waals surface area contributed by atoms with Gasteiger partial charge in [-0.25, -0.2) is 5.10 Å². The third-order valence-corrected chi connectivity index (χ3v) is 4.36. The Bertz CT molecular complexity index is 568. The second-order valence-corrected chi connectivity index (χ2v) is 5.96. The van der Waals surface area contributed by atoms with E-state index >= 15 is 0 Å². The third kappa shape index (κ3) is 3.65. The number of H-pyrrole nitrogens is 1. The van der Waals surface area contributed by atoms with Gasteiger partial charge in [0.15, 0.2) is 0 Å². The van der Waals surface area contributed by atoms with Crippen molar-refractivity contribution < 1.29 is 9.53 Å². The summed E-state index contributed by atoms with van der Waals surface area (Å²) in [5, 5.41) is 6.24. The van der Waals surface area contributed by atoms with E-state index in [9.17, 15) is 9.59 Å². The molecule has 2 fully saturated rings. The molecule has 1 amide bonds. The summed E-state index contributed by atoms with van der Waals surface area (Å²) < 4.78 is 5.28. The molecule has 1 N–H and O–H groups in total. The number of hydrogen-bond donors (Lipinski definition) is 1. The highest BCUT2D eigenvalue weighted by atomic mass is 16.5. The quantitative estimate of drug-likeness (QED) is 0.865. The second-order valence-electron chi connectivity index (χ2n) is 5.96. The molecule has 0 aromatic carbocycles. The number of carbonyl (C=O) groups excluding carboxylic acids is 1. The number of nitrogens with zero attached hydrogens (tertiary/aromatic N) is 3. The van der Waals surface area contributed by atoms with Crippen LogP contribution in [0.2, 0.25) is 0 Å². The summed E-state index contributed by atoms with van der Waals surface area (Å²) in [5.41, 5.74) is 0.649. The van der Waals surface area contributed by atoms with Crippen LogP contribution in [0.15, 0.2) is 17.1 Å². The first-order valence-electron chi connectivity index (χ1n) is 7.87. The largest absolute Gasteiger partial charge is 0.378 e. The summed E-state index contributed by atoms with van der Waals surface area (Å²) in [6, 6.07) is 1.57. The Hall–Kier alpha value is -1.89. The molecule has 0 aliphatic carbocycles. The van der Waals surface area contributed by atoms with Crippen LogP contribution in [-0.2, 0) is 9.53 Å². The Morgan fingerprint density at radius 2 is 2.18 bits per heavy atom. The van der Waals surface area contributed by atoms with Gasteiger partial charge in [-0.05, 0) is 18.8 Å². The van der Waals surface area contributed by atoms with E-state index in [1.54, 1.807) is 12.3 Å². The van der Waals surface area contributed by atoms with Crippen LogP contribution in [0.5, 0.6) is 0 Å². The van der Waals surface area contributed by atoms with Crippen LogP contribution in [0.4, 0.5) is 5.69 Å². The highest BCUT2D eigenvalue weighted by Gasteiger charge is 2.25. The molecule has 1 atom stereocenters. The maximum Gasteiger partial charge on any atom is 0.266 e. The fourth-order valence-corrected chi connectivity index (χ4v) is 3.19. The molecule has 7 heteroatoms. The molecule has 1 aromatic rings. The molecule has 0 bridgehead atoms. The van der Waals surface area contributed by atoms with Gasteiger partial charge in [0.05, 0.1) is 25.1 Å². The molecule has 120 valence electrons. The molecule has 0 spiro atoms. The predicted molar refractivity (Wildman–Crippen MR) is 81.8 cm³/mol. The van der Waals surface area contributed by atoms with E-state index in [1.165, 1.54) is 0 Å². The third-order valence-electron chi connectivity index (χ3n) is 4.36. The van der Waals surface area contributed by atoms with Crippen molar-refractivity contribution in [1.29, 1.82) is 0 Å².